The lowest BCUT2D eigenvalue weighted by molar-refractivity contribution is 0.280. The highest BCUT2D eigenvalue weighted by atomic mass is 79.9. The van der Waals surface area contributed by atoms with E-state index in [2.05, 4.69) is 15.9 Å². The maximum Gasteiger partial charge on any atom is 0.162 e. The molecule has 1 aromatic carbocycles. The molecule has 0 saturated heterocycles. The normalized spacial score (nSPS) is 16.4. The predicted molar refractivity (Wildman–Crippen MR) is 76.3 cm³/mol. The fraction of sp³-hybridized carbons (Fsp3) is 0.571. The Morgan fingerprint density at radius 1 is 1.39 bits per heavy atom. The summed E-state index contributed by atoms with van der Waals surface area (Å²) in [6, 6.07) is 4.12. The number of methoxy groups -OCH3 is 1. The molecule has 4 heteroatoms. The smallest absolute Gasteiger partial charge is 0.162 e. The van der Waals surface area contributed by atoms with Crippen molar-refractivity contribution >= 4 is 15.9 Å². The Balaban J connectivity index is 2.15. The molecule has 2 N–H and O–H groups in total. The highest BCUT2D eigenvalue weighted by Crippen LogP contribution is 2.36. The van der Waals surface area contributed by atoms with E-state index >= 15 is 0 Å². The van der Waals surface area contributed by atoms with Crippen molar-refractivity contribution in [2.75, 3.05) is 13.7 Å². The third-order valence-corrected chi connectivity index (χ3v) is 3.78. The zero-order valence-electron chi connectivity index (χ0n) is 10.9. The summed E-state index contributed by atoms with van der Waals surface area (Å²) in [7, 11) is 1.67. The van der Waals surface area contributed by atoms with E-state index in [1.54, 1.807) is 7.11 Å². The van der Waals surface area contributed by atoms with Crippen molar-refractivity contribution in [3.05, 3.63) is 22.2 Å². The number of halogens is 1. The van der Waals surface area contributed by atoms with Crippen molar-refractivity contribution in [1.82, 2.24) is 0 Å². The van der Waals surface area contributed by atoms with Crippen molar-refractivity contribution < 1.29 is 9.47 Å². The Morgan fingerprint density at radius 3 is 2.67 bits per heavy atom. The van der Waals surface area contributed by atoms with Gasteiger partial charge in [-0.15, -0.1) is 0 Å². The van der Waals surface area contributed by atoms with Gasteiger partial charge in [0.25, 0.3) is 0 Å². The second-order valence-corrected chi connectivity index (χ2v) is 5.88. The molecule has 0 aromatic heterocycles. The molecule has 1 saturated carbocycles. The molecule has 2 rings (SSSR count). The summed E-state index contributed by atoms with van der Waals surface area (Å²) in [5.41, 5.74) is 6.99. The van der Waals surface area contributed by atoms with E-state index in [1.165, 1.54) is 12.8 Å². The maximum absolute atomic E-state index is 5.84. The van der Waals surface area contributed by atoms with E-state index in [0.717, 1.165) is 40.5 Å². The third-order valence-electron chi connectivity index (χ3n) is 3.05. The van der Waals surface area contributed by atoms with E-state index in [1.807, 2.05) is 19.1 Å². The lowest BCUT2D eigenvalue weighted by Gasteiger charge is -2.14. The number of hydrogen-bond donors (Lipinski definition) is 1. The molecule has 0 amide bonds. The molecule has 1 aliphatic rings. The molecule has 100 valence electrons. The molecule has 1 atom stereocenters. The van der Waals surface area contributed by atoms with Gasteiger partial charge in [0.15, 0.2) is 11.5 Å². The Bertz CT molecular complexity index is 417. The molecular formula is C14H20BrNO2. The first-order valence-corrected chi connectivity index (χ1v) is 7.14. The van der Waals surface area contributed by atoms with Gasteiger partial charge in [0.1, 0.15) is 0 Å². The first kappa shape index (κ1) is 13.7. The minimum atomic E-state index is 0.129. The molecule has 0 radical (unpaired) electrons. The molecule has 3 nitrogen and oxygen atoms in total. The third kappa shape index (κ3) is 3.62. The average Bonchev–Trinajstić information content (AvgIpc) is 3.12. The van der Waals surface area contributed by atoms with Crippen molar-refractivity contribution in [1.29, 1.82) is 0 Å². The summed E-state index contributed by atoms with van der Waals surface area (Å²) in [6.45, 7) is 2.78. The van der Waals surface area contributed by atoms with Gasteiger partial charge in [-0.25, -0.2) is 0 Å². The van der Waals surface area contributed by atoms with Gasteiger partial charge in [-0.2, -0.15) is 0 Å². The van der Waals surface area contributed by atoms with E-state index in [0.29, 0.717) is 0 Å². The summed E-state index contributed by atoms with van der Waals surface area (Å²) >= 11 is 3.57. The van der Waals surface area contributed by atoms with Crippen LogP contribution in [-0.2, 0) is 6.42 Å². The van der Waals surface area contributed by atoms with Gasteiger partial charge in [-0.3, -0.25) is 0 Å². The Kier molecular flexibility index (Phi) is 4.51. The van der Waals surface area contributed by atoms with Crippen LogP contribution in [0.15, 0.2) is 16.6 Å². The standard InChI is InChI=1S/C14H20BrNO2/c1-9(16)5-11-6-13(17-2)14(7-12(11)15)18-8-10-3-4-10/h6-7,9-10H,3-5,8,16H2,1-2H3. The Hall–Kier alpha value is -0.740. The van der Waals surface area contributed by atoms with Crippen LogP contribution < -0.4 is 15.2 Å². The fourth-order valence-electron chi connectivity index (χ4n) is 1.85. The number of rotatable bonds is 6. The Labute approximate surface area is 117 Å². The van der Waals surface area contributed by atoms with E-state index < -0.39 is 0 Å². The second kappa shape index (κ2) is 5.93. The molecule has 0 heterocycles. The van der Waals surface area contributed by atoms with Crippen LogP contribution in [0, 0.1) is 5.92 Å². The Morgan fingerprint density at radius 2 is 2.11 bits per heavy atom. The van der Waals surface area contributed by atoms with Crippen LogP contribution in [0.25, 0.3) is 0 Å². The van der Waals surface area contributed by atoms with E-state index in [9.17, 15) is 0 Å². The van der Waals surface area contributed by atoms with Gasteiger partial charge in [0.05, 0.1) is 13.7 Å². The lowest BCUT2D eigenvalue weighted by atomic mass is 10.1. The largest absolute Gasteiger partial charge is 0.493 e. The maximum atomic E-state index is 5.84. The summed E-state index contributed by atoms with van der Waals surface area (Å²) in [5, 5.41) is 0. The molecule has 0 bridgehead atoms. The van der Waals surface area contributed by atoms with Gasteiger partial charge in [0, 0.05) is 10.5 Å². The zero-order chi connectivity index (χ0) is 13.1. The molecule has 1 unspecified atom stereocenters. The van der Waals surface area contributed by atoms with Gasteiger partial charge in [-0.05, 0) is 49.8 Å². The molecule has 1 aromatic rings. The van der Waals surface area contributed by atoms with Crippen LogP contribution >= 0.6 is 15.9 Å². The van der Waals surface area contributed by atoms with Crippen molar-refractivity contribution in [2.45, 2.75) is 32.2 Å². The summed E-state index contributed by atoms with van der Waals surface area (Å²) in [5.74, 6) is 2.33. The van der Waals surface area contributed by atoms with Crippen LogP contribution in [-0.4, -0.2) is 19.8 Å². The van der Waals surface area contributed by atoms with Crippen molar-refractivity contribution in [2.24, 2.45) is 11.7 Å². The van der Waals surface area contributed by atoms with Gasteiger partial charge in [0.2, 0.25) is 0 Å². The number of benzene rings is 1. The van der Waals surface area contributed by atoms with Crippen molar-refractivity contribution in [3.8, 4) is 11.5 Å². The zero-order valence-corrected chi connectivity index (χ0v) is 12.5. The summed E-state index contributed by atoms with van der Waals surface area (Å²) < 4.78 is 12.2. The summed E-state index contributed by atoms with van der Waals surface area (Å²) in [6.07, 6.45) is 3.39. The summed E-state index contributed by atoms with van der Waals surface area (Å²) in [4.78, 5) is 0. The highest BCUT2D eigenvalue weighted by Gasteiger charge is 2.23. The minimum absolute atomic E-state index is 0.129. The highest BCUT2D eigenvalue weighted by molar-refractivity contribution is 9.10. The predicted octanol–water partition coefficient (Wildman–Crippen LogP) is 3.14. The van der Waals surface area contributed by atoms with Crippen LogP contribution in [0.2, 0.25) is 0 Å². The molecule has 18 heavy (non-hydrogen) atoms. The topological polar surface area (TPSA) is 44.5 Å². The van der Waals surface area contributed by atoms with Crippen LogP contribution in [0.5, 0.6) is 11.5 Å². The van der Waals surface area contributed by atoms with Crippen LogP contribution in [0.3, 0.4) is 0 Å². The molecule has 1 fully saturated rings. The van der Waals surface area contributed by atoms with E-state index in [-0.39, 0.29) is 6.04 Å². The number of hydrogen-bond acceptors (Lipinski definition) is 3. The van der Waals surface area contributed by atoms with E-state index in [4.69, 9.17) is 15.2 Å². The van der Waals surface area contributed by atoms with Crippen molar-refractivity contribution in [3.63, 3.8) is 0 Å². The van der Waals surface area contributed by atoms with Gasteiger partial charge in [-0.1, -0.05) is 15.9 Å². The fourth-order valence-corrected chi connectivity index (χ4v) is 2.33. The second-order valence-electron chi connectivity index (χ2n) is 5.03. The molecule has 0 spiro atoms. The first-order valence-electron chi connectivity index (χ1n) is 6.35. The molecule has 1 aliphatic carbocycles. The first-order chi connectivity index (χ1) is 8.60. The minimum Gasteiger partial charge on any atom is -0.493 e. The van der Waals surface area contributed by atoms with Crippen LogP contribution in [0.1, 0.15) is 25.3 Å². The average molecular weight is 314 g/mol. The number of nitrogens with two attached hydrogens (primary N) is 1. The van der Waals surface area contributed by atoms with Gasteiger partial charge < -0.3 is 15.2 Å². The lowest BCUT2D eigenvalue weighted by Crippen LogP contribution is -2.18. The van der Waals surface area contributed by atoms with Crippen LogP contribution in [0.4, 0.5) is 0 Å². The quantitative estimate of drug-likeness (QED) is 0.877. The number of ether oxygens (including phenoxy) is 2. The monoisotopic (exact) mass is 313 g/mol. The van der Waals surface area contributed by atoms with Gasteiger partial charge >= 0.3 is 0 Å². The molecular weight excluding hydrogens is 294 g/mol. The SMILES string of the molecule is COc1cc(CC(C)N)c(Br)cc1OCC1CC1. The molecule has 0 aliphatic heterocycles.